The minimum absolute atomic E-state index is 0.0957. The minimum Gasteiger partial charge on any atom is -0.453 e. The molecule has 1 aromatic carbocycles. The molecule has 2 aromatic rings. The Balaban J connectivity index is 1.80. The highest BCUT2D eigenvalue weighted by atomic mass is 16.5. The zero-order chi connectivity index (χ0) is 22.6. The molecule has 0 radical (unpaired) electrons. The number of nitrogens with zero attached hydrogens (tertiary/aromatic N) is 1. The third-order valence-corrected chi connectivity index (χ3v) is 6.08. The fourth-order valence-corrected chi connectivity index (χ4v) is 4.36. The monoisotopic (exact) mass is 428 g/mol. The Morgan fingerprint density at radius 3 is 2.55 bits per heavy atom. The number of benzene rings is 1. The predicted octanol–water partition coefficient (Wildman–Crippen LogP) is 4.19. The molecular formula is C24H32N2O5. The summed E-state index contributed by atoms with van der Waals surface area (Å²) in [7, 11) is 0. The Hall–Kier alpha value is -2.67. The van der Waals surface area contributed by atoms with Crippen LogP contribution in [-0.4, -0.2) is 41.0 Å². The van der Waals surface area contributed by atoms with Gasteiger partial charge in [0, 0.05) is 5.39 Å². The molecule has 0 aliphatic heterocycles. The van der Waals surface area contributed by atoms with Gasteiger partial charge in [-0.2, -0.15) is 0 Å². The molecule has 1 aromatic heterocycles. The molecule has 31 heavy (non-hydrogen) atoms. The summed E-state index contributed by atoms with van der Waals surface area (Å²) in [4.78, 5) is 37.5. The highest BCUT2D eigenvalue weighted by Crippen LogP contribution is 2.31. The van der Waals surface area contributed by atoms with Crippen molar-refractivity contribution in [2.24, 2.45) is 17.3 Å². The van der Waals surface area contributed by atoms with Gasteiger partial charge in [-0.3, -0.25) is 19.6 Å². The smallest absolute Gasteiger partial charge is 0.233 e. The van der Waals surface area contributed by atoms with Crippen LogP contribution >= 0.6 is 0 Å². The van der Waals surface area contributed by atoms with E-state index in [-0.39, 0.29) is 24.0 Å². The predicted molar refractivity (Wildman–Crippen MR) is 117 cm³/mol. The second-order valence-electron chi connectivity index (χ2n) is 9.63. The van der Waals surface area contributed by atoms with Gasteiger partial charge in [0.05, 0.1) is 12.5 Å². The molecule has 0 unspecified atom stereocenters. The first-order valence-electron chi connectivity index (χ1n) is 10.9. The highest BCUT2D eigenvalue weighted by Gasteiger charge is 2.37. The number of carbonyl (C=O) groups excluding carboxylic acids is 3. The quantitative estimate of drug-likeness (QED) is 0.270. The van der Waals surface area contributed by atoms with E-state index in [1.54, 1.807) is 12.1 Å². The zero-order valence-electron chi connectivity index (χ0n) is 18.5. The van der Waals surface area contributed by atoms with Crippen molar-refractivity contribution in [3.8, 4) is 0 Å². The van der Waals surface area contributed by atoms with Gasteiger partial charge in [-0.25, -0.2) is 5.06 Å². The number of furan rings is 1. The van der Waals surface area contributed by atoms with E-state index in [0.717, 1.165) is 31.1 Å². The highest BCUT2D eigenvalue weighted by molar-refractivity contribution is 6.03. The van der Waals surface area contributed by atoms with Crippen molar-refractivity contribution < 1.29 is 24.0 Å². The third-order valence-electron chi connectivity index (χ3n) is 6.08. The van der Waals surface area contributed by atoms with E-state index in [1.165, 1.54) is 0 Å². The topological polar surface area (TPSA) is 99.9 Å². The maximum atomic E-state index is 13.3. The molecule has 2 N–H and O–H groups in total. The molecule has 2 amide bonds. The summed E-state index contributed by atoms with van der Waals surface area (Å²) in [6, 6.07) is 8.26. The number of Topliss-reactive ketones (excluding diaryl/α,β-unsaturated/α-hetero) is 1. The molecule has 1 saturated carbocycles. The molecular weight excluding hydrogens is 396 g/mol. The van der Waals surface area contributed by atoms with E-state index in [2.05, 4.69) is 5.32 Å². The first kappa shape index (κ1) is 23.0. The number of para-hydroxylation sites is 1. The first-order chi connectivity index (χ1) is 14.7. The molecule has 168 valence electrons. The van der Waals surface area contributed by atoms with Crippen molar-refractivity contribution in [1.29, 1.82) is 0 Å². The number of rotatable bonds is 9. The van der Waals surface area contributed by atoms with Gasteiger partial charge in [0.15, 0.2) is 5.76 Å². The summed E-state index contributed by atoms with van der Waals surface area (Å²) >= 11 is 0. The van der Waals surface area contributed by atoms with E-state index in [4.69, 9.17) is 4.42 Å². The second-order valence-corrected chi connectivity index (χ2v) is 9.63. The van der Waals surface area contributed by atoms with Crippen molar-refractivity contribution in [3.05, 3.63) is 36.1 Å². The summed E-state index contributed by atoms with van der Waals surface area (Å²) in [5.41, 5.74) is 0.0542. The summed E-state index contributed by atoms with van der Waals surface area (Å²) in [6.07, 6.45) is 5.21. The molecule has 1 heterocycles. The maximum Gasteiger partial charge on any atom is 0.233 e. The molecule has 2 atom stereocenters. The second kappa shape index (κ2) is 9.64. The van der Waals surface area contributed by atoms with Gasteiger partial charge < -0.3 is 9.73 Å². The summed E-state index contributed by atoms with van der Waals surface area (Å²) in [5.74, 6) is -0.642. The maximum absolute atomic E-state index is 13.3. The van der Waals surface area contributed by atoms with Crippen LogP contribution in [0.3, 0.4) is 0 Å². The fourth-order valence-electron chi connectivity index (χ4n) is 4.36. The van der Waals surface area contributed by atoms with Gasteiger partial charge in [-0.15, -0.1) is 0 Å². The van der Waals surface area contributed by atoms with Gasteiger partial charge in [0.2, 0.25) is 18.1 Å². The van der Waals surface area contributed by atoms with Gasteiger partial charge in [-0.05, 0) is 29.9 Å². The van der Waals surface area contributed by atoms with E-state index < -0.39 is 17.4 Å². The molecule has 0 bridgehead atoms. The molecule has 7 nitrogen and oxygen atoms in total. The van der Waals surface area contributed by atoms with Crippen LogP contribution in [0.4, 0.5) is 0 Å². The average molecular weight is 429 g/mol. The van der Waals surface area contributed by atoms with Gasteiger partial charge in [-0.1, -0.05) is 64.7 Å². The SMILES string of the molecule is CC(C)(C)[C@H](NC(=O)[C@H](CC1CCCC1)CN(O)C=O)C(=O)c1cc2ccccc2o1. The van der Waals surface area contributed by atoms with Gasteiger partial charge >= 0.3 is 0 Å². The number of ketones is 1. The lowest BCUT2D eigenvalue weighted by Crippen LogP contribution is -2.52. The Kier molecular flexibility index (Phi) is 7.15. The molecule has 0 saturated heterocycles. The molecule has 7 heteroatoms. The third kappa shape index (κ3) is 5.73. The van der Waals surface area contributed by atoms with Crippen LogP contribution in [-0.2, 0) is 9.59 Å². The van der Waals surface area contributed by atoms with Crippen molar-refractivity contribution in [3.63, 3.8) is 0 Å². The summed E-state index contributed by atoms with van der Waals surface area (Å²) in [6.45, 7) is 5.55. The van der Waals surface area contributed by atoms with E-state index >= 15 is 0 Å². The average Bonchev–Trinajstić information content (AvgIpc) is 3.39. The fraction of sp³-hybridized carbons (Fsp3) is 0.542. The van der Waals surface area contributed by atoms with E-state index in [1.807, 2.05) is 39.0 Å². The van der Waals surface area contributed by atoms with Gasteiger partial charge in [0.1, 0.15) is 11.6 Å². The zero-order valence-corrected chi connectivity index (χ0v) is 18.5. The van der Waals surface area contributed by atoms with Crippen molar-refractivity contribution in [1.82, 2.24) is 10.4 Å². The lowest BCUT2D eigenvalue weighted by Gasteiger charge is -2.32. The number of hydrogen-bond acceptors (Lipinski definition) is 5. The van der Waals surface area contributed by atoms with Crippen LogP contribution < -0.4 is 5.32 Å². The molecule has 3 rings (SSSR count). The van der Waals surface area contributed by atoms with Crippen molar-refractivity contribution in [2.45, 2.75) is 58.9 Å². The Bertz CT molecular complexity index is 890. The number of carbonyl (C=O) groups is 3. The molecule has 1 aliphatic rings. The molecule has 1 aliphatic carbocycles. The van der Waals surface area contributed by atoms with Gasteiger partial charge in [0.25, 0.3) is 0 Å². The molecule has 1 fully saturated rings. The number of hydroxylamine groups is 2. The number of nitrogens with one attached hydrogen (secondary N) is 1. The number of fused-ring (bicyclic) bond motifs is 1. The normalized spacial score (nSPS) is 16.8. The Morgan fingerprint density at radius 1 is 1.26 bits per heavy atom. The van der Waals surface area contributed by atoms with E-state index in [0.29, 0.717) is 29.4 Å². The lowest BCUT2D eigenvalue weighted by molar-refractivity contribution is -0.155. The lowest BCUT2D eigenvalue weighted by atomic mass is 9.82. The van der Waals surface area contributed by atoms with Crippen LogP contribution in [0.15, 0.2) is 34.7 Å². The minimum atomic E-state index is -0.810. The van der Waals surface area contributed by atoms with Crippen LogP contribution in [0, 0.1) is 17.3 Å². The number of hydrogen-bond donors (Lipinski definition) is 2. The van der Waals surface area contributed by atoms with Crippen molar-refractivity contribution in [2.75, 3.05) is 6.54 Å². The Morgan fingerprint density at radius 2 is 1.94 bits per heavy atom. The van der Waals surface area contributed by atoms with Crippen LogP contribution in [0.5, 0.6) is 0 Å². The summed E-state index contributed by atoms with van der Waals surface area (Å²) < 4.78 is 5.74. The van der Waals surface area contributed by atoms with Crippen LogP contribution in [0.2, 0.25) is 0 Å². The standard InChI is InChI=1S/C24H32N2O5/c1-24(2,3)22(21(28)20-13-17-10-6-7-11-19(17)31-20)25-23(29)18(14-26(30)15-27)12-16-8-4-5-9-16/h6-7,10-11,13,15-16,18,22,30H,4-5,8-9,12,14H2,1-3H3,(H,25,29)/t18-,22-/m1/s1. The largest absolute Gasteiger partial charge is 0.453 e. The first-order valence-corrected chi connectivity index (χ1v) is 10.9. The van der Waals surface area contributed by atoms with Crippen LogP contribution in [0.1, 0.15) is 63.4 Å². The van der Waals surface area contributed by atoms with Crippen molar-refractivity contribution >= 4 is 29.1 Å². The van der Waals surface area contributed by atoms with Crippen LogP contribution in [0.25, 0.3) is 11.0 Å². The summed E-state index contributed by atoms with van der Waals surface area (Å²) in [5, 5.41) is 13.9. The Labute approximate surface area is 182 Å². The molecule has 0 spiro atoms. The van der Waals surface area contributed by atoms with E-state index in [9.17, 15) is 19.6 Å². The number of amides is 2.